The van der Waals surface area contributed by atoms with Crippen molar-refractivity contribution in [1.82, 2.24) is 15.1 Å². The second-order valence-corrected chi connectivity index (χ2v) is 6.32. The van der Waals surface area contributed by atoms with Gasteiger partial charge < -0.3 is 20.9 Å². The van der Waals surface area contributed by atoms with Gasteiger partial charge in [0.05, 0.1) is 0 Å². The molecule has 0 unspecified atom stereocenters. The van der Waals surface area contributed by atoms with Gasteiger partial charge in [0.25, 0.3) is 0 Å². The standard InChI is InChI=1S/C18H28N4O2/c1-21(14-15-6-3-2-4-7-15)18(24)22-12-8-16(9-13-22)17(23)20-11-5-10-19/h2-4,6-7,16H,5,8-14,19H2,1H3,(H,20,23). The molecule has 2 rings (SSSR count). The molecule has 24 heavy (non-hydrogen) atoms. The fourth-order valence-electron chi connectivity index (χ4n) is 2.96. The van der Waals surface area contributed by atoms with Crippen molar-refractivity contribution in [2.45, 2.75) is 25.8 Å². The molecule has 3 N–H and O–H groups in total. The number of carbonyl (C=O) groups is 2. The number of piperidine rings is 1. The van der Waals surface area contributed by atoms with Crippen molar-refractivity contribution in [1.29, 1.82) is 0 Å². The number of benzene rings is 1. The van der Waals surface area contributed by atoms with Crippen molar-refractivity contribution in [3.63, 3.8) is 0 Å². The molecule has 0 radical (unpaired) electrons. The normalized spacial score (nSPS) is 15.2. The second-order valence-electron chi connectivity index (χ2n) is 6.32. The van der Waals surface area contributed by atoms with Crippen LogP contribution in [0, 0.1) is 5.92 Å². The molecule has 1 aromatic carbocycles. The molecule has 0 aliphatic carbocycles. The Bertz CT molecular complexity index is 527. The van der Waals surface area contributed by atoms with Gasteiger partial charge in [-0.25, -0.2) is 4.79 Å². The zero-order chi connectivity index (χ0) is 17.4. The molecule has 0 bridgehead atoms. The molecule has 0 atom stereocenters. The number of nitrogens with two attached hydrogens (primary N) is 1. The summed E-state index contributed by atoms with van der Waals surface area (Å²) < 4.78 is 0. The van der Waals surface area contributed by atoms with Crippen LogP contribution in [0.25, 0.3) is 0 Å². The molecule has 6 nitrogen and oxygen atoms in total. The lowest BCUT2D eigenvalue weighted by Crippen LogP contribution is -2.47. The van der Waals surface area contributed by atoms with Crippen molar-refractivity contribution < 1.29 is 9.59 Å². The molecule has 132 valence electrons. The number of carbonyl (C=O) groups excluding carboxylic acids is 2. The number of hydrogen-bond donors (Lipinski definition) is 2. The summed E-state index contributed by atoms with van der Waals surface area (Å²) in [6.45, 7) is 3.08. The second kappa shape index (κ2) is 9.27. The molecule has 1 aliphatic heterocycles. The summed E-state index contributed by atoms with van der Waals surface area (Å²) in [5.74, 6) is 0.0967. The van der Waals surface area contributed by atoms with Gasteiger partial charge in [0.15, 0.2) is 0 Å². The Balaban J connectivity index is 1.76. The number of rotatable bonds is 6. The lowest BCUT2D eigenvalue weighted by molar-refractivity contribution is -0.126. The van der Waals surface area contributed by atoms with Gasteiger partial charge in [0.2, 0.25) is 5.91 Å². The van der Waals surface area contributed by atoms with Gasteiger partial charge in [-0.05, 0) is 31.4 Å². The predicted octanol–water partition coefficient (Wildman–Crippen LogP) is 1.42. The van der Waals surface area contributed by atoms with Crippen molar-refractivity contribution in [3.8, 4) is 0 Å². The Morgan fingerprint density at radius 2 is 1.92 bits per heavy atom. The first kappa shape index (κ1) is 18.3. The average Bonchev–Trinajstić information content (AvgIpc) is 2.62. The molecule has 1 aromatic rings. The topological polar surface area (TPSA) is 78.7 Å². The minimum absolute atomic E-state index is 0.00579. The van der Waals surface area contributed by atoms with E-state index in [0.29, 0.717) is 32.7 Å². The van der Waals surface area contributed by atoms with Crippen LogP contribution in [0.2, 0.25) is 0 Å². The molecular formula is C18H28N4O2. The first-order valence-electron chi connectivity index (χ1n) is 8.63. The first-order chi connectivity index (χ1) is 11.6. The third-order valence-corrected chi connectivity index (χ3v) is 4.41. The number of amides is 3. The largest absolute Gasteiger partial charge is 0.356 e. The van der Waals surface area contributed by atoms with Crippen LogP contribution in [-0.2, 0) is 11.3 Å². The van der Waals surface area contributed by atoms with Crippen LogP contribution in [0.5, 0.6) is 0 Å². The van der Waals surface area contributed by atoms with Gasteiger partial charge in [0, 0.05) is 39.1 Å². The lowest BCUT2D eigenvalue weighted by Gasteiger charge is -2.34. The summed E-state index contributed by atoms with van der Waals surface area (Å²) in [6, 6.07) is 9.98. The van der Waals surface area contributed by atoms with E-state index in [4.69, 9.17) is 5.73 Å². The Morgan fingerprint density at radius 3 is 2.54 bits per heavy atom. The van der Waals surface area contributed by atoms with Crippen LogP contribution in [0.15, 0.2) is 30.3 Å². The summed E-state index contributed by atoms with van der Waals surface area (Å²) in [5, 5.41) is 2.92. The van der Waals surface area contributed by atoms with Gasteiger partial charge in [-0.1, -0.05) is 30.3 Å². The van der Waals surface area contributed by atoms with E-state index in [1.165, 1.54) is 0 Å². The summed E-state index contributed by atoms with van der Waals surface area (Å²) in [4.78, 5) is 28.2. The molecule has 1 fully saturated rings. The lowest BCUT2D eigenvalue weighted by atomic mass is 9.96. The number of urea groups is 1. The number of nitrogens with one attached hydrogen (secondary N) is 1. The number of hydrogen-bond acceptors (Lipinski definition) is 3. The van der Waals surface area contributed by atoms with Gasteiger partial charge in [-0.3, -0.25) is 4.79 Å². The van der Waals surface area contributed by atoms with Crippen molar-refractivity contribution in [3.05, 3.63) is 35.9 Å². The highest BCUT2D eigenvalue weighted by Crippen LogP contribution is 2.19. The first-order valence-corrected chi connectivity index (χ1v) is 8.63. The van der Waals surface area contributed by atoms with Crippen LogP contribution >= 0.6 is 0 Å². The summed E-state index contributed by atoms with van der Waals surface area (Å²) in [6.07, 6.45) is 2.24. The van der Waals surface area contributed by atoms with E-state index in [2.05, 4.69) is 5.32 Å². The Morgan fingerprint density at radius 1 is 1.25 bits per heavy atom. The van der Waals surface area contributed by atoms with E-state index in [0.717, 1.165) is 24.8 Å². The smallest absolute Gasteiger partial charge is 0.320 e. The fourth-order valence-corrected chi connectivity index (χ4v) is 2.96. The summed E-state index contributed by atoms with van der Waals surface area (Å²) in [5.41, 5.74) is 6.54. The van der Waals surface area contributed by atoms with Gasteiger partial charge in [-0.15, -0.1) is 0 Å². The summed E-state index contributed by atoms with van der Waals surface area (Å²) in [7, 11) is 1.82. The third-order valence-electron chi connectivity index (χ3n) is 4.41. The highest BCUT2D eigenvalue weighted by atomic mass is 16.2. The molecule has 3 amide bonds. The maximum Gasteiger partial charge on any atom is 0.320 e. The maximum absolute atomic E-state index is 12.5. The van der Waals surface area contributed by atoms with E-state index in [9.17, 15) is 9.59 Å². The van der Waals surface area contributed by atoms with Crippen LogP contribution in [-0.4, -0.2) is 55.0 Å². The number of nitrogens with zero attached hydrogens (tertiary/aromatic N) is 2. The summed E-state index contributed by atoms with van der Waals surface area (Å²) >= 11 is 0. The third kappa shape index (κ3) is 5.23. The monoisotopic (exact) mass is 332 g/mol. The quantitative estimate of drug-likeness (QED) is 0.773. The molecule has 0 saturated carbocycles. The zero-order valence-electron chi connectivity index (χ0n) is 14.4. The van der Waals surface area contributed by atoms with Crippen LogP contribution < -0.4 is 11.1 Å². The predicted molar refractivity (Wildman–Crippen MR) is 94.3 cm³/mol. The average molecular weight is 332 g/mol. The van der Waals surface area contributed by atoms with Crippen LogP contribution in [0.1, 0.15) is 24.8 Å². The highest BCUT2D eigenvalue weighted by Gasteiger charge is 2.28. The Kier molecular flexibility index (Phi) is 7.06. The van der Waals surface area contributed by atoms with Crippen molar-refractivity contribution >= 4 is 11.9 Å². The zero-order valence-corrected chi connectivity index (χ0v) is 14.4. The van der Waals surface area contributed by atoms with E-state index < -0.39 is 0 Å². The van der Waals surface area contributed by atoms with E-state index in [-0.39, 0.29) is 17.9 Å². The Hall–Kier alpha value is -2.08. The molecule has 0 spiro atoms. The van der Waals surface area contributed by atoms with Crippen LogP contribution in [0.4, 0.5) is 4.79 Å². The van der Waals surface area contributed by atoms with Gasteiger partial charge in [0.1, 0.15) is 0 Å². The van der Waals surface area contributed by atoms with E-state index >= 15 is 0 Å². The highest BCUT2D eigenvalue weighted by molar-refractivity contribution is 5.79. The fraction of sp³-hybridized carbons (Fsp3) is 0.556. The van der Waals surface area contributed by atoms with Gasteiger partial charge in [-0.2, -0.15) is 0 Å². The minimum Gasteiger partial charge on any atom is -0.356 e. The van der Waals surface area contributed by atoms with Gasteiger partial charge >= 0.3 is 6.03 Å². The molecule has 1 saturated heterocycles. The Labute approximate surface area is 144 Å². The molecule has 1 aliphatic rings. The van der Waals surface area contributed by atoms with Crippen molar-refractivity contribution in [2.75, 3.05) is 33.2 Å². The maximum atomic E-state index is 12.5. The van der Waals surface area contributed by atoms with E-state index in [1.54, 1.807) is 4.90 Å². The minimum atomic E-state index is 0.00579. The SMILES string of the molecule is CN(Cc1ccccc1)C(=O)N1CCC(C(=O)NCCCN)CC1. The van der Waals surface area contributed by atoms with Crippen molar-refractivity contribution in [2.24, 2.45) is 11.7 Å². The number of likely N-dealkylation sites (tertiary alicyclic amines) is 1. The molecule has 1 heterocycles. The van der Waals surface area contributed by atoms with Crippen LogP contribution in [0.3, 0.4) is 0 Å². The molecule has 6 heteroatoms. The van der Waals surface area contributed by atoms with E-state index in [1.807, 2.05) is 42.3 Å². The molecular weight excluding hydrogens is 304 g/mol. The molecule has 0 aromatic heterocycles.